The number of hydrogen-bond acceptors (Lipinski definition) is 3. The molecule has 0 unspecified atom stereocenters. The fourth-order valence-electron chi connectivity index (χ4n) is 3.67. The third-order valence-electron chi connectivity index (χ3n) is 5.39. The van der Waals surface area contributed by atoms with Crippen LogP contribution in [0.25, 0.3) is 0 Å². The summed E-state index contributed by atoms with van der Waals surface area (Å²) in [6.45, 7) is 2.92. The Balaban J connectivity index is 1.83. The van der Waals surface area contributed by atoms with Crippen molar-refractivity contribution in [1.29, 1.82) is 0 Å². The average Bonchev–Trinajstić information content (AvgIpc) is 2.86. The molecule has 0 bridgehead atoms. The second kappa shape index (κ2) is 13.8. The summed E-state index contributed by atoms with van der Waals surface area (Å²) in [6.07, 6.45) is 1.63. The molecule has 1 atom stereocenters. The van der Waals surface area contributed by atoms with Crippen LogP contribution in [0.4, 0.5) is 0 Å². The molecule has 178 valence electrons. The zero-order valence-electron chi connectivity index (χ0n) is 19.5. The topological polar surface area (TPSA) is 49.4 Å². The first-order valence-electron chi connectivity index (χ1n) is 11.6. The van der Waals surface area contributed by atoms with Crippen LogP contribution in [0.1, 0.15) is 30.9 Å². The number of rotatable bonds is 12. The molecule has 1 N–H and O–H groups in total. The highest BCUT2D eigenvalue weighted by Crippen LogP contribution is 2.21. The summed E-state index contributed by atoms with van der Waals surface area (Å²) in [4.78, 5) is 29.6. The Hall–Kier alpha value is -2.76. The fraction of sp³-hybridized carbons (Fsp3) is 0.286. The molecule has 3 aromatic carbocycles. The van der Waals surface area contributed by atoms with Crippen molar-refractivity contribution in [2.75, 3.05) is 12.3 Å². The number of carbonyl (C=O) groups is 2. The highest BCUT2D eigenvalue weighted by atomic mass is 35.5. The maximum absolute atomic E-state index is 13.5. The molecular formula is C28H31ClN2O2S. The average molecular weight is 495 g/mol. The molecule has 4 nitrogen and oxygen atoms in total. The second-order valence-electron chi connectivity index (χ2n) is 8.06. The molecule has 3 rings (SSSR count). The Kier molecular flexibility index (Phi) is 10.5. The lowest BCUT2D eigenvalue weighted by Gasteiger charge is -2.31. The minimum atomic E-state index is -0.609. The van der Waals surface area contributed by atoms with E-state index >= 15 is 0 Å². The quantitative estimate of drug-likeness (QED) is 0.315. The smallest absolute Gasteiger partial charge is 0.243 e. The van der Waals surface area contributed by atoms with Crippen LogP contribution in [0.3, 0.4) is 0 Å². The number of thioether (sulfide) groups is 1. The lowest BCUT2D eigenvalue weighted by atomic mass is 10.0. The normalized spacial score (nSPS) is 11.6. The third kappa shape index (κ3) is 8.23. The van der Waals surface area contributed by atoms with E-state index in [0.717, 1.165) is 22.4 Å². The van der Waals surface area contributed by atoms with Gasteiger partial charge in [0.2, 0.25) is 11.8 Å². The molecule has 0 radical (unpaired) electrons. The van der Waals surface area contributed by atoms with Crippen molar-refractivity contribution in [2.24, 2.45) is 0 Å². The number of nitrogens with one attached hydrogen (secondary N) is 1. The highest BCUT2D eigenvalue weighted by molar-refractivity contribution is 7.99. The molecule has 0 saturated carbocycles. The summed E-state index contributed by atoms with van der Waals surface area (Å²) < 4.78 is 0. The van der Waals surface area contributed by atoms with E-state index < -0.39 is 6.04 Å². The summed E-state index contributed by atoms with van der Waals surface area (Å²) in [5.74, 6) is 0.469. The van der Waals surface area contributed by atoms with E-state index in [4.69, 9.17) is 11.6 Å². The summed E-state index contributed by atoms with van der Waals surface area (Å²) in [5.41, 5.74) is 1.92. The molecular weight excluding hydrogens is 464 g/mol. The van der Waals surface area contributed by atoms with Crippen molar-refractivity contribution in [3.05, 3.63) is 101 Å². The molecule has 0 spiro atoms. The standard InChI is InChI=1S/C28H31ClN2O2S/c1-2-17-30-28(33)26(20-22-10-5-3-6-11-22)31(21-23-12-9-13-24(29)19-23)27(32)16-18-34-25-14-7-4-8-15-25/h3-15,19,26H,2,16-18,20-21H2,1H3,(H,30,33)/t26-/m0/s1. The van der Waals surface area contributed by atoms with Gasteiger partial charge >= 0.3 is 0 Å². The number of benzene rings is 3. The van der Waals surface area contributed by atoms with E-state index in [0.29, 0.717) is 36.7 Å². The van der Waals surface area contributed by atoms with Crippen LogP contribution < -0.4 is 5.32 Å². The van der Waals surface area contributed by atoms with E-state index in [2.05, 4.69) is 5.32 Å². The van der Waals surface area contributed by atoms with Crippen LogP contribution in [-0.4, -0.2) is 35.1 Å². The van der Waals surface area contributed by atoms with E-state index in [-0.39, 0.29) is 11.8 Å². The second-order valence-corrected chi connectivity index (χ2v) is 9.66. The van der Waals surface area contributed by atoms with Gasteiger partial charge in [-0.15, -0.1) is 11.8 Å². The molecule has 34 heavy (non-hydrogen) atoms. The van der Waals surface area contributed by atoms with Crippen molar-refractivity contribution < 1.29 is 9.59 Å². The Morgan fingerprint density at radius 1 is 0.941 bits per heavy atom. The van der Waals surface area contributed by atoms with Gasteiger partial charge < -0.3 is 10.2 Å². The van der Waals surface area contributed by atoms with Gasteiger partial charge in [-0.3, -0.25) is 9.59 Å². The summed E-state index contributed by atoms with van der Waals surface area (Å²) in [7, 11) is 0. The molecule has 2 amide bonds. The van der Waals surface area contributed by atoms with Crippen LogP contribution in [0, 0.1) is 0 Å². The molecule has 0 aliphatic rings. The van der Waals surface area contributed by atoms with Gasteiger partial charge in [-0.1, -0.05) is 79.2 Å². The maximum Gasteiger partial charge on any atom is 0.243 e. The number of halogens is 1. The Labute approximate surface area is 211 Å². The minimum absolute atomic E-state index is 0.0454. The van der Waals surface area contributed by atoms with E-state index in [1.165, 1.54) is 0 Å². The minimum Gasteiger partial charge on any atom is -0.354 e. The van der Waals surface area contributed by atoms with E-state index in [1.54, 1.807) is 16.7 Å². The first kappa shape index (κ1) is 25.9. The first-order chi connectivity index (χ1) is 16.6. The molecule has 0 fully saturated rings. The molecule has 0 saturated heterocycles. The molecule has 3 aromatic rings. The van der Waals surface area contributed by atoms with Gasteiger partial charge in [0.1, 0.15) is 6.04 Å². The number of nitrogens with zero attached hydrogens (tertiary/aromatic N) is 1. The number of carbonyl (C=O) groups excluding carboxylic acids is 2. The number of amides is 2. The van der Waals surface area contributed by atoms with E-state index in [1.807, 2.05) is 91.9 Å². The number of hydrogen-bond donors (Lipinski definition) is 1. The van der Waals surface area contributed by atoms with Gasteiger partial charge in [-0.25, -0.2) is 0 Å². The Morgan fingerprint density at radius 3 is 2.29 bits per heavy atom. The third-order valence-corrected chi connectivity index (χ3v) is 6.64. The van der Waals surface area contributed by atoms with Crippen LogP contribution >= 0.6 is 23.4 Å². The lowest BCUT2D eigenvalue weighted by Crippen LogP contribution is -2.50. The molecule has 0 heterocycles. The lowest BCUT2D eigenvalue weighted by molar-refractivity contribution is -0.141. The predicted octanol–water partition coefficient (Wildman–Crippen LogP) is 5.99. The zero-order valence-corrected chi connectivity index (χ0v) is 21.0. The van der Waals surface area contributed by atoms with E-state index in [9.17, 15) is 9.59 Å². The molecule has 0 aromatic heterocycles. The van der Waals surface area contributed by atoms with Gasteiger partial charge in [0.15, 0.2) is 0 Å². The summed E-state index contributed by atoms with van der Waals surface area (Å²) in [5, 5.41) is 3.61. The van der Waals surface area contributed by atoms with Gasteiger partial charge in [-0.05, 0) is 41.8 Å². The molecule has 0 aliphatic carbocycles. The van der Waals surface area contributed by atoms with Crippen LogP contribution in [0.2, 0.25) is 5.02 Å². The predicted molar refractivity (Wildman–Crippen MR) is 141 cm³/mol. The molecule has 0 aliphatic heterocycles. The van der Waals surface area contributed by atoms with Crippen molar-refractivity contribution in [3.63, 3.8) is 0 Å². The van der Waals surface area contributed by atoms with Gasteiger partial charge in [0.05, 0.1) is 0 Å². The van der Waals surface area contributed by atoms with Crippen LogP contribution in [0.15, 0.2) is 89.8 Å². The van der Waals surface area contributed by atoms with Crippen molar-refractivity contribution in [1.82, 2.24) is 10.2 Å². The maximum atomic E-state index is 13.5. The summed E-state index contributed by atoms with van der Waals surface area (Å²) >= 11 is 7.86. The molecule has 6 heteroatoms. The SMILES string of the molecule is CCCNC(=O)[C@H](Cc1ccccc1)N(Cc1cccc(Cl)c1)C(=O)CCSc1ccccc1. The Morgan fingerprint density at radius 2 is 1.62 bits per heavy atom. The zero-order chi connectivity index (χ0) is 24.2. The first-order valence-corrected chi connectivity index (χ1v) is 13.0. The van der Waals surface area contributed by atoms with Gasteiger partial charge in [0.25, 0.3) is 0 Å². The highest BCUT2D eigenvalue weighted by Gasteiger charge is 2.30. The van der Waals surface area contributed by atoms with Crippen LogP contribution in [0.5, 0.6) is 0 Å². The van der Waals surface area contributed by atoms with Gasteiger partial charge in [-0.2, -0.15) is 0 Å². The van der Waals surface area contributed by atoms with Crippen LogP contribution in [-0.2, 0) is 22.6 Å². The fourth-order valence-corrected chi connectivity index (χ4v) is 4.74. The largest absolute Gasteiger partial charge is 0.354 e. The summed E-state index contributed by atoms with van der Waals surface area (Å²) in [6, 6.07) is 26.7. The van der Waals surface area contributed by atoms with Crippen molar-refractivity contribution in [2.45, 2.75) is 43.7 Å². The monoisotopic (exact) mass is 494 g/mol. The van der Waals surface area contributed by atoms with Gasteiger partial charge in [0, 0.05) is 41.6 Å². The van der Waals surface area contributed by atoms with Crippen molar-refractivity contribution >= 4 is 35.2 Å². The Bertz CT molecular complexity index is 1050. The van der Waals surface area contributed by atoms with Crippen molar-refractivity contribution in [3.8, 4) is 0 Å².